The number of rotatable bonds is 6. The van der Waals surface area contributed by atoms with Crippen molar-refractivity contribution in [2.45, 2.75) is 0 Å². The number of carbonyl (C=O) groups excluding carboxylic acids is 1. The molecule has 0 aliphatic carbocycles. The van der Waals surface area contributed by atoms with Crippen molar-refractivity contribution in [3.63, 3.8) is 0 Å². The molecule has 0 unspecified atom stereocenters. The molecule has 0 amide bonds. The van der Waals surface area contributed by atoms with E-state index in [0.717, 1.165) is 11.3 Å². The van der Waals surface area contributed by atoms with Crippen LogP contribution in [0.1, 0.15) is 15.9 Å². The van der Waals surface area contributed by atoms with E-state index in [-0.39, 0.29) is 0 Å². The van der Waals surface area contributed by atoms with E-state index in [1.54, 1.807) is 36.4 Å². The van der Waals surface area contributed by atoms with E-state index in [2.05, 4.69) is 21.8 Å². The summed E-state index contributed by atoms with van der Waals surface area (Å²) in [6.45, 7) is 3.76. The van der Waals surface area contributed by atoms with Gasteiger partial charge in [-0.15, -0.1) is 5.11 Å². The van der Waals surface area contributed by atoms with Crippen molar-refractivity contribution in [2.75, 3.05) is 19.0 Å². The minimum absolute atomic E-state index is 0.320. The SMILES string of the molecule is C=Cc1ccc(OC(=O)c2ccncc2)c(N=Nc2ccc(N(C)C)cc2)c1. The van der Waals surface area contributed by atoms with Crippen LogP contribution in [0.25, 0.3) is 6.08 Å². The van der Waals surface area contributed by atoms with Crippen molar-refractivity contribution < 1.29 is 9.53 Å². The highest BCUT2D eigenvalue weighted by Gasteiger charge is 2.12. The minimum atomic E-state index is -0.486. The van der Waals surface area contributed by atoms with E-state index in [9.17, 15) is 4.79 Å². The molecule has 0 aliphatic heterocycles. The molecule has 0 aliphatic rings. The second-order valence-electron chi connectivity index (χ2n) is 6.17. The first-order valence-corrected chi connectivity index (χ1v) is 8.64. The summed E-state index contributed by atoms with van der Waals surface area (Å²) in [4.78, 5) is 18.3. The highest BCUT2D eigenvalue weighted by Crippen LogP contribution is 2.31. The lowest BCUT2D eigenvalue weighted by Crippen LogP contribution is -2.08. The standard InChI is InChI=1S/C22H20N4O2/c1-4-16-5-10-21(28-22(27)17-11-13-23-14-12-17)20(15-16)25-24-18-6-8-19(9-7-18)26(2)3/h4-15H,1H2,2-3H3. The molecule has 0 bridgehead atoms. The number of ether oxygens (including phenoxy) is 1. The molecule has 0 radical (unpaired) electrons. The molecule has 2 aromatic carbocycles. The van der Waals surface area contributed by atoms with Gasteiger partial charge in [0.2, 0.25) is 0 Å². The van der Waals surface area contributed by atoms with Crippen LogP contribution in [0, 0.1) is 0 Å². The quantitative estimate of drug-likeness (QED) is 0.329. The zero-order valence-corrected chi connectivity index (χ0v) is 15.7. The van der Waals surface area contributed by atoms with Crippen LogP contribution in [-0.2, 0) is 0 Å². The van der Waals surface area contributed by atoms with Crippen LogP contribution >= 0.6 is 0 Å². The average molecular weight is 372 g/mol. The fraction of sp³-hybridized carbons (Fsp3) is 0.0909. The number of benzene rings is 2. The van der Waals surface area contributed by atoms with Crippen LogP contribution in [0.4, 0.5) is 17.1 Å². The predicted octanol–water partition coefficient (Wildman–Crippen LogP) is 5.43. The van der Waals surface area contributed by atoms with Crippen LogP contribution in [0.3, 0.4) is 0 Å². The van der Waals surface area contributed by atoms with Crippen LogP contribution in [0.2, 0.25) is 0 Å². The van der Waals surface area contributed by atoms with Crippen molar-refractivity contribution >= 4 is 29.1 Å². The van der Waals surface area contributed by atoms with Crippen LogP contribution in [0.5, 0.6) is 5.75 Å². The van der Waals surface area contributed by atoms with Gasteiger partial charge in [-0.3, -0.25) is 4.98 Å². The summed E-state index contributed by atoms with van der Waals surface area (Å²) in [5.74, 6) is -0.165. The monoisotopic (exact) mass is 372 g/mol. The molecule has 0 fully saturated rings. The Balaban J connectivity index is 1.86. The van der Waals surface area contributed by atoms with Gasteiger partial charge in [-0.25, -0.2) is 4.79 Å². The van der Waals surface area contributed by atoms with Crippen molar-refractivity contribution in [3.05, 3.63) is 84.7 Å². The number of nitrogens with zero attached hydrogens (tertiary/aromatic N) is 4. The molecule has 28 heavy (non-hydrogen) atoms. The lowest BCUT2D eigenvalue weighted by Gasteiger charge is -2.11. The Morgan fingerprint density at radius 2 is 1.75 bits per heavy atom. The second-order valence-corrected chi connectivity index (χ2v) is 6.17. The maximum absolute atomic E-state index is 12.3. The highest BCUT2D eigenvalue weighted by atomic mass is 16.5. The Morgan fingerprint density at radius 3 is 2.39 bits per heavy atom. The molecule has 0 spiro atoms. The number of esters is 1. The maximum atomic E-state index is 12.3. The van der Waals surface area contributed by atoms with Gasteiger partial charge in [-0.05, 0) is 54.1 Å². The fourth-order valence-electron chi connectivity index (χ4n) is 2.40. The molecule has 0 saturated carbocycles. The summed E-state index contributed by atoms with van der Waals surface area (Å²) < 4.78 is 5.51. The van der Waals surface area contributed by atoms with Crippen molar-refractivity contribution in [1.29, 1.82) is 0 Å². The summed E-state index contributed by atoms with van der Waals surface area (Å²) in [5.41, 5.74) is 3.46. The second kappa shape index (κ2) is 8.73. The van der Waals surface area contributed by atoms with Gasteiger partial charge in [0.1, 0.15) is 5.69 Å². The molecule has 0 saturated heterocycles. The van der Waals surface area contributed by atoms with Crippen molar-refractivity contribution in [1.82, 2.24) is 4.98 Å². The molecule has 140 valence electrons. The fourth-order valence-corrected chi connectivity index (χ4v) is 2.40. The number of pyridine rings is 1. The molecule has 3 rings (SSSR count). The third-order valence-corrected chi connectivity index (χ3v) is 3.98. The number of aromatic nitrogens is 1. The minimum Gasteiger partial charge on any atom is -0.421 e. The van der Waals surface area contributed by atoms with Crippen LogP contribution < -0.4 is 9.64 Å². The normalized spacial score (nSPS) is 10.6. The zero-order chi connectivity index (χ0) is 19.9. The largest absolute Gasteiger partial charge is 0.421 e. The molecular formula is C22H20N4O2. The number of carbonyl (C=O) groups is 1. The summed E-state index contributed by atoms with van der Waals surface area (Å²) in [6.07, 6.45) is 4.77. The van der Waals surface area contributed by atoms with Gasteiger partial charge in [-0.1, -0.05) is 18.7 Å². The van der Waals surface area contributed by atoms with E-state index >= 15 is 0 Å². The number of anilines is 1. The topological polar surface area (TPSA) is 67.1 Å². The third kappa shape index (κ3) is 4.67. The smallest absolute Gasteiger partial charge is 0.343 e. The zero-order valence-electron chi connectivity index (χ0n) is 15.7. The van der Waals surface area contributed by atoms with E-state index < -0.39 is 5.97 Å². The Labute approximate surface area is 163 Å². The number of hydrogen-bond donors (Lipinski definition) is 0. The molecule has 0 N–H and O–H groups in total. The number of azo groups is 1. The summed E-state index contributed by atoms with van der Waals surface area (Å²) >= 11 is 0. The van der Waals surface area contributed by atoms with E-state index in [1.807, 2.05) is 43.3 Å². The molecule has 6 nitrogen and oxygen atoms in total. The van der Waals surface area contributed by atoms with Crippen LogP contribution in [0.15, 0.2) is 83.8 Å². The van der Waals surface area contributed by atoms with Crippen molar-refractivity contribution in [2.24, 2.45) is 10.2 Å². The molecular weight excluding hydrogens is 352 g/mol. The van der Waals surface area contributed by atoms with E-state index in [0.29, 0.717) is 22.7 Å². The van der Waals surface area contributed by atoms with Gasteiger partial charge < -0.3 is 9.64 Å². The van der Waals surface area contributed by atoms with Crippen molar-refractivity contribution in [3.8, 4) is 5.75 Å². The van der Waals surface area contributed by atoms with E-state index in [1.165, 1.54) is 12.4 Å². The number of hydrogen-bond acceptors (Lipinski definition) is 6. The average Bonchev–Trinajstić information content (AvgIpc) is 2.73. The van der Waals surface area contributed by atoms with Gasteiger partial charge in [-0.2, -0.15) is 5.11 Å². The Morgan fingerprint density at radius 1 is 1.04 bits per heavy atom. The highest BCUT2D eigenvalue weighted by molar-refractivity contribution is 5.91. The first-order chi connectivity index (χ1) is 13.6. The Hall–Kier alpha value is -3.80. The first kappa shape index (κ1) is 19.0. The van der Waals surface area contributed by atoms with Gasteiger partial charge in [0.05, 0.1) is 11.3 Å². The van der Waals surface area contributed by atoms with E-state index in [4.69, 9.17) is 4.74 Å². The van der Waals surface area contributed by atoms with Gasteiger partial charge in [0.25, 0.3) is 0 Å². The lowest BCUT2D eigenvalue weighted by atomic mass is 10.2. The molecule has 1 aromatic heterocycles. The molecule has 0 atom stereocenters. The summed E-state index contributed by atoms with van der Waals surface area (Å²) in [7, 11) is 3.95. The van der Waals surface area contributed by atoms with Crippen LogP contribution in [-0.4, -0.2) is 25.0 Å². The maximum Gasteiger partial charge on any atom is 0.343 e. The molecule has 3 aromatic rings. The molecule has 1 heterocycles. The van der Waals surface area contributed by atoms with Gasteiger partial charge in [0, 0.05) is 32.2 Å². The Kier molecular flexibility index (Phi) is 5.91. The van der Waals surface area contributed by atoms with Gasteiger partial charge in [0.15, 0.2) is 5.75 Å². The van der Waals surface area contributed by atoms with Gasteiger partial charge >= 0.3 is 5.97 Å². The predicted molar refractivity (Wildman–Crippen MR) is 111 cm³/mol. The third-order valence-electron chi connectivity index (χ3n) is 3.98. The summed E-state index contributed by atoms with van der Waals surface area (Å²) in [5, 5.41) is 8.54. The lowest BCUT2D eigenvalue weighted by molar-refractivity contribution is 0.0735. The Bertz CT molecular complexity index is 997. The first-order valence-electron chi connectivity index (χ1n) is 8.64. The molecule has 6 heteroatoms. The summed E-state index contributed by atoms with van der Waals surface area (Å²) in [6, 6.07) is 16.1.